The first kappa shape index (κ1) is 12.4. The molecule has 1 rings (SSSR count). The van der Waals surface area contributed by atoms with E-state index < -0.39 is 21.7 Å². The normalized spacial score (nSPS) is 19.9. The minimum atomic E-state index is -3.57. The number of ether oxygens (including phenoxy) is 1. The molecule has 0 radical (unpaired) electrons. The summed E-state index contributed by atoms with van der Waals surface area (Å²) in [6, 6.07) is 0. The zero-order valence-electron chi connectivity index (χ0n) is 8.69. The number of nitrogens with one attached hydrogen (secondary N) is 1. The van der Waals surface area contributed by atoms with E-state index in [1.54, 1.807) is 0 Å². The highest BCUT2D eigenvalue weighted by Gasteiger charge is 2.43. The highest BCUT2D eigenvalue weighted by molar-refractivity contribution is 7.87. The van der Waals surface area contributed by atoms with E-state index in [1.165, 1.54) is 14.1 Å². The topological polar surface area (TPSA) is 102 Å². The number of primary amides is 1. The summed E-state index contributed by atoms with van der Waals surface area (Å²) in [5, 5.41) is 0. The second kappa shape index (κ2) is 4.05. The van der Waals surface area contributed by atoms with Gasteiger partial charge < -0.3 is 10.5 Å². The van der Waals surface area contributed by atoms with Crippen LogP contribution in [0.5, 0.6) is 0 Å². The maximum atomic E-state index is 11.5. The number of hydrogen-bond acceptors (Lipinski definition) is 4. The Bertz CT molecular complexity index is 347. The first-order valence-electron chi connectivity index (χ1n) is 4.35. The van der Waals surface area contributed by atoms with Crippen molar-refractivity contribution in [2.24, 2.45) is 5.73 Å². The Hall–Kier alpha value is -0.700. The standard InChI is InChI=1S/C7H15N3O4S/c1-10(2)15(12,13)9-7(3-6(8)11)4-14-5-7/h9H,3-5H2,1-2H3,(H2,8,11). The van der Waals surface area contributed by atoms with Crippen LogP contribution in [0.25, 0.3) is 0 Å². The first-order valence-corrected chi connectivity index (χ1v) is 5.79. The quantitative estimate of drug-likeness (QED) is 0.579. The lowest BCUT2D eigenvalue weighted by molar-refractivity contribution is -0.126. The number of rotatable bonds is 5. The highest BCUT2D eigenvalue weighted by atomic mass is 32.2. The molecule has 88 valence electrons. The zero-order chi connectivity index (χ0) is 11.7. The molecule has 0 saturated carbocycles. The molecule has 0 aromatic rings. The maximum absolute atomic E-state index is 11.5. The molecule has 0 aromatic heterocycles. The Morgan fingerprint density at radius 1 is 1.53 bits per heavy atom. The van der Waals surface area contributed by atoms with Gasteiger partial charge in [-0.25, -0.2) is 0 Å². The highest BCUT2D eigenvalue weighted by Crippen LogP contribution is 2.22. The van der Waals surface area contributed by atoms with Crippen LogP contribution >= 0.6 is 0 Å². The molecule has 3 N–H and O–H groups in total. The lowest BCUT2D eigenvalue weighted by atomic mass is 9.94. The van der Waals surface area contributed by atoms with Crippen LogP contribution in [0.15, 0.2) is 0 Å². The number of hydrogen-bond donors (Lipinski definition) is 2. The Morgan fingerprint density at radius 2 is 2.07 bits per heavy atom. The summed E-state index contributed by atoms with van der Waals surface area (Å²) in [5.41, 5.74) is 4.17. The van der Waals surface area contributed by atoms with E-state index in [0.717, 1.165) is 4.31 Å². The molecule has 1 fully saturated rings. The van der Waals surface area contributed by atoms with Crippen LogP contribution in [0.4, 0.5) is 0 Å². The van der Waals surface area contributed by atoms with E-state index >= 15 is 0 Å². The van der Waals surface area contributed by atoms with Crippen molar-refractivity contribution < 1.29 is 17.9 Å². The van der Waals surface area contributed by atoms with Gasteiger partial charge in [0.25, 0.3) is 10.2 Å². The van der Waals surface area contributed by atoms with Gasteiger partial charge >= 0.3 is 0 Å². The summed E-state index contributed by atoms with van der Waals surface area (Å²) in [6.45, 7) is 0.339. The smallest absolute Gasteiger partial charge is 0.279 e. The Balaban J connectivity index is 2.73. The Labute approximate surface area is 88.7 Å². The molecule has 0 aliphatic carbocycles. The van der Waals surface area contributed by atoms with Gasteiger partial charge in [-0.2, -0.15) is 17.4 Å². The van der Waals surface area contributed by atoms with E-state index in [1.807, 2.05) is 0 Å². The first-order chi connectivity index (χ1) is 6.77. The van der Waals surface area contributed by atoms with Crippen molar-refractivity contribution in [1.29, 1.82) is 0 Å². The van der Waals surface area contributed by atoms with Crippen molar-refractivity contribution in [2.45, 2.75) is 12.0 Å². The van der Waals surface area contributed by atoms with Crippen LogP contribution in [0.1, 0.15) is 6.42 Å². The fraction of sp³-hybridized carbons (Fsp3) is 0.857. The van der Waals surface area contributed by atoms with E-state index in [-0.39, 0.29) is 19.6 Å². The van der Waals surface area contributed by atoms with Crippen LogP contribution in [0, 0.1) is 0 Å². The van der Waals surface area contributed by atoms with E-state index in [9.17, 15) is 13.2 Å². The molecule has 1 saturated heterocycles. The third kappa shape index (κ3) is 2.88. The molecule has 1 heterocycles. The molecule has 0 unspecified atom stereocenters. The molecule has 15 heavy (non-hydrogen) atoms. The van der Waals surface area contributed by atoms with Crippen molar-refractivity contribution in [1.82, 2.24) is 9.03 Å². The van der Waals surface area contributed by atoms with Crippen LogP contribution in [0.3, 0.4) is 0 Å². The molecule has 1 aliphatic rings. The molecule has 0 atom stereocenters. The zero-order valence-corrected chi connectivity index (χ0v) is 9.50. The van der Waals surface area contributed by atoms with Crippen LogP contribution < -0.4 is 10.5 Å². The second-order valence-electron chi connectivity index (χ2n) is 3.81. The van der Waals surface area contributed by atoms with Crippen molar-refractivity contribution in [3.05, 3.63) is 0 Å². The van der Waals surface area contributed by atoms with Crippen molar-refractivity contribution in [3.8, 4) is 0 Å². The largest absolute Gasteiger partial charge is 0.377 e. The van der Waals surface area contributed by atoms with Crippen LogP contribution in [-0.2, 0) is 19.7 Å². The summed E-state index contributed by atoms with van der Waals surface area (Å²) in [4.78, 5) is 10.8. The maximum Gasteiger partial charge on any atom is 0.279 e. The predicted molar refractivity (Wildman–Crippen MR) is 53.1 cm³/mol. The molecule has 0 aromatic carbocycles. The van der Waals surface area contributed by atoms with E-state index in [2.05, 4.69) is 4.72 Å². The van der Waals surface area contributed by atoms with E-state index in [4.69, 9.17) is 10.5 Å². The SMILES string of the molecule is CN(C)S(=O)(=O)NC1(CC(N)=O)COC1. The van der Waals surface area contributed by atoms with Gasteiger partial charge in [0.2, 0.25) is 5.91 Å². The average molecular weight is 237 g/mol. The summed E-state index contributed by atoms with van der Waals surface area (Å²) < 4.78 is 31.4. The summed E-state index contributed by atoms with van der Waals surface area (Å²) >= 11 is 0. The number of amides is 1. The monoisotopic (exact) mass is 237 g/mol. The molecule has 1 aliphatic heterocycles. The molecule has 0 spiro atoms. The molecule has 8 heteroatoms. The summed E-state index contributed by atoms with van der Waals surface area (Å²) in [6.07, 6.45) is -0.0555. The predicted octanol–water partition coefficient (Wildman–Crippen LogP) is -1.97. The van der Waals surface area contributed by atoms with Crippen LogP contribution in [-0.4, -0.2) is 51.5 Å². The van der Waals surface area contributed by atoms with Gasteiger partial charge in [-0.05, 0) is 0 Å². The minimum Gasteiger partial charge on any atom is -0.377 e. The van der Waals surface area contributed by atoms with Gasteiger partial charge in [0.05, 0.1) is 25.2 Å². The van der Waals surface area contributed by atoms with Crippen LogP contribution in [0.2, 0.25) is 0 Å². The molecule has 1 amide bonds. The van der Waals surface area contributed by atoms with Crippen molar-refractivity contribution in [2.75, 3.05) is 27.3 Å². The third-order valence-corrected chi connectivity index (χ3v) is 3.75. The lowest BCUT2D eigenvalue weighted by Gasteiger charge is -2.41. The van der Waals surface area contributed by atoms with Gasteiger partial charge in [-0.1, -0.05) is 0 Å². The molecule has 0 bridgehead atoms. The van der Waals surface area contributed by atoms with Gasteiger partial charge in [-0.3, -0.25) is 4.79 Å². The van der Waals surface area contributed by atoms with E-state index in [0.29, 0.717) is 0 Å². The Kier molecular flexibility index (Phi) is 3.34. The van der Waals surface area contributed by atoms with Gasteiger partial charge in [0.15, 0.2) is 0 Å². The number of nitrogens with zero attached hydrogens (tertiary/aromatic N) is 1. The third-order valence-electron chi connectivity index (χ3n) is 2.10. The Morgan fingerprint density at radius 3 is 2.33 bits per heavy atom. The average Bonchev–Trinajstić information content (AvgIpc) is 1.98. The van der Waals surface area contributed by atoms with Gasteiger partial charge in [0.1, 0.15) is 0 Å². The van der Waals surface area contributed by atoms with Crippen molar-refractivity contribution in [3.63, 3.8) is 0 Å². The lowest BCUT2D eigenvalue weighted by Crippen LogP contribution is -2.64. The summed E-state index contributed by atoms with van der Waals surface area (Å²) in [7, 11) is -0.762. The van der Waals surface area contributed by atoms with Gasteiger partial charge in [-0.15, -0.1) is 0 Å². The number of carbonyl (C=O) groups is 1. The fourth-order valence-corrected chi connectivity index (χ4v) is 2.16. The van der Waals surface area contributed by atoms with Gasteiger partial charge in [0, 0.05) is 14.1 Å². The molecular formula is C7H15N3O4S. The molecule has 7 nitrogen and oxygen atoms in total. The number of carbonyl (C=O) groups excluding carboxylic acids is 1. The number of nitrogens with two attached hydrogens (primary N) is 1. The molecular weight excluding hydrogens is 222 g/mol. The fourth-order valence-electron chi connectivity index (χ4n) is 1.24. The summed E-state index contributed by atoms with van der Waals surface area (Å²) in [5.74, 6) is -0.556. The second-order valence-corrected chi connectivity index (χ2v) is 5.69. The minimum absolute atomic E-state index is 0.0555. The van der Waals surface area contributed by atoms with Crippen molar-refractivity contribution >= 4 is 16.1 Å².